The molecule has 0 unspecified atom stereocenters. The average molecular weight is 372 g/mol. The highest BCUT2D eigenvalue weighted by Crippen LogP contribution is 2.15. The highest BCUT2D eigenvalue weighted by molar-refractivity contribution is 7.89. The van der Waals surface area contributed by atoms with Crippen molar-refractivity contribution in [1.82, 2.24) is 9.84 Å². The zero-order valence-corrected chi connectivity index (χ0v) is 15.6. The number of sulfonamides is 1. The lowest BCUT2D eigenvalue weighted by molar-refractivity contribution is 0.0876. The fourth-order valence-electron chi connectivity index (χ4n) is 1.56. The average Bonchev–Trinajstić information content (AvgIpc) is 2.56. The van der Waals surface area contributed by atoms with Crippen LogP contribution in [-0.2, 0) is 19.5 Å². The van der Waals surface area contributed by atoms with Crippen LogP contribution < -0.4 is 5.43 Å². The number of carbonyl (C=O) groups is 2. The topological polar surface area (TPSA) is 102 Å². The molecule has 1 rings (SSSR count). The van der Waals surface area contributed by atoms with E-state index < -0.39 is 22.2 Å². The summed E-state index contributed by atoms with van der Waals surface area (Å²) in [6.07, 6.45) is -2.27. The number of nitrogens with one attached hydrogen (secondary N) is 1. The van der Waals surface area contributed by atoms with Gasteiger partial charge in [0.15, 0.2) is 0 Å². The van der Waals surface area contributed by atoms with Crippen molar-refractivity contribution in [2.75, 3.05) is 13.2 Å². The molecule has 25 heavy (non-hydrogen) atoms. The second kappa shape index (κ2) is 9.26. The first-order valence-corrected chi connectivity index (χ1v) is 9.29. The Morgan fingerprint density at radius 3 is 2.04 bits per heavy atom. The second-order valence-corrected chi connectivity index (χ2v) is 7.94. The number of nitrogens with zero attached hydrogens (tertiary/aromatic N) is 1. The number of carbonyl (C=O) groups excluding carboxylic acids is 2. The zero-order chi connectivity index (χ0) is 19.0. The van der Waals surface area contributed by atoms with Gasteiger partial charge in [-0.2, -0.15) is 8.42 Å². The van der Waals surface area contributed by atoms with Crippen LogP contribution in [0.4, 0.5) is 9.59 Å². The molecule has 2 amide bonds. The molecule has 0 saturated carbocycles. The summed E-state index contributed by atoms with van der Waals surface area (Å²) in [5, 5.41) is 0. The van der Waals surface area contributed by atoms with E-state index in [4.69, 9.17) is 9.47 Å². The zero-order valence-electron chi connectivity index (χ0n) is 14.8. The van der Waals surface area contributed by atoms with Crippen molar-refractivity contribution >= 4 is 22.2 Å². The molecule has 0 aliphatic rings. The normalized spacial score (nSPS) is 11.3. The van der Waals surface area contributed by atoms with Crippen molar-refractivity contribution in [3.63, 3.8) is 0 Å². The van der Waals surface area contributed by atoms with Crippen molar-refractivity contribution in [1.29, 1.82) is 0 Å². The first-order valence-electron chi connectivity index (χ1n) is 7.85. The maximum atomic E-state index is 12.6. The number of hydrazine groups is 1. The SMILES string of the molecule is CC(C)COC(=O)NN(C(=O)OCC(C)C)S(=O)(=O)c1ccccc1. The van der Waals surface area contributed by atoms with E-state index in [1.165, 1.54) is 24.3 Å². The smallest absolute Gasteiger partial charge is 0.443 e. The van der Waals surface area contributed by atoms with Gasteiger partial charge in [0.2, 0.25) is 0 Å². The Bertz CT molecular complexity index is 673. The predicted molar refractivity (Wildman–Crippen MR) is 91.0 cm³/mol. The standard InChI is InChI=1S/C16H24N2O6S/c1-12(2)10-23-15(19)17-18(16(20)24-11-13(3)4)25(21,22)14-8-6-5-7-9-14/h5-9,12-13H,10-11H2,1-4H3,(H,17,19). The number of hydrogen-bond donors (Lipinski definition) is 1. The summed E-state index contributed by atoms with van der Waals surface area (Å²) in [6.45, 7) is 7.32. The van der Waals surface area contributed by atoms with Crippen LogP contribution >= 0.6 is 0 Å². The third-order valence-electron chi connectivity index (χ3n) is 2.73. The van der Waals surface area contributed by atoms with Gasteiger partial charge < -0.3 is 9.47 Å². The number of benzene rings is 1. The molecule has 0 aromatic heterocycles. The number of ether oxygens (including phenoxy) is 2. The third kappa shape index (κ3) is 6.61. The second-order valence-electron chi connectivity index (χ2n) is 6.16. The van der Waals surface area contributed by atoms with E-state index in [0.717, 1.165) is 0 Å². The van der Waals surface area contributed by atoms with E-state index in [-0.39, 0.29) is 34.4 Å². The monoisotopic (exact) mass is 372 g/mol. The highest BCUT2D eigenvalue weighted by atomic mass is 32.2. The Kier molecular flexibility index (Phi) is 7.69. The summed E-state index contributed by atoms with van der Waals surface area (Å²) < 4.78 is 35.3. The molecule has 0 radical (unpaired) electrons. The van der Waals surface area contributed by atoms with E-state index in [1.807, 2.05) is 19.3 Å². The number of amides is 2. The Balaban J connectivity index is 3.02. The minimum absolute atomic E-state index is 0.00174. The quantitative estimate of drug-likeness (QED) is 0.771. The molecule has 0 saturated heterocycles. The first-order chi connectivity index (χ1) is 11.6. The molecule has 1 N–H and O–H groups in total. The van der Waals surface area contributed by atoms with E-state index in [2.05, 4.69) is 0 Å². The van der Waals surface area contributed by atoms with Crippen LogP contribution in [0.3, 0.4) is 0 Å². The Morgan fingerprint density at radius 1 is 1.00 bits per heavy atom. The van der Waals surface area contributed by atoms with Gasteiger partial charge in [0.1, 0.15) is 0 Å². The molecular formula is C16H24N2O6S. The van der Waals surface area contributed by atoms with Gasteiger partial charge in [0, 0.05) is 0 Å². The highest BCUT2D eigenvalue weighted by Gasteiger charge is 2.33. The fraction of sp³-hybridized carbons (Fsp3) is 0.500. The molecule has 140 valence electrons. The maximum Gasteiger partial charge on any atom is 0.443 e. The van der Waals surface area contributed by atoms with Gasteiger partial charge in [-0.05, 0) is 24.0 Å². The lowest BCUT2D eigenvalue weighted by atomic mass is 10.2. The van der Waals surface area contributed by atoms with Crippen molar-refractivity contribution in [3.8, 4) is 0 Å². The van der Waals surface area contributed by atoms with Gasteiger partial charge in [-0.1, -0.05) is 45.9 Å². The fourth-order valence-corrected chi connectivity index (χ4v) is 2.71. The Morgan fingerprint density at radius 2 is 1.52 bits per heavy atom. The summed E-state index contributed by atoms with van der Waals surface area (Å²) in [4.78, 5) is 23.9. The minimum Gasteiger partial charge on any atom is -0.448 e. The van der Waals surface area contributed by atoms with Crippen LogP contribution in [0.1, 0.15) is 27.7 Å². The van der Waals surface area contributed by atoms with E-state index >= 15 is 0 Å². The van der Waals surface area contributed by atoms with Crippen LogP contribution in [0.2, 0.25) is 0 Å². The molecule has 0 aliphatic carbocycles. The molecular weight excluding hydrogens is 348 g/mol. The summed E-state index contributed by atoms with van der Waals surface area (Å²) in [7, 11) is -4.33. The van der Waals surface area contributed by atoms with E-state index in [0.29, 0.717) is 0 Å². The van der Waals surface area contributed by atoms with Crippen LogP contribution in [0.15, 0.2) is 35.2 Å². The van der Waals surface area contributed by atoms with Gasteiger partial charge in [-0.3, -0.25) is 0 Å². The van der Waals surface area contributed by atoms with Crippen molar-refractivity contribution < 1.29 is 27.5 Å². The van der Waals surface area contributed by atoms with E-state index in [9.17, 15) is 18.0 Å². The lowest BCUT2D eigenvalue weighted by Gasteiger charge is -2.22. The van der Waals surface area contributed by atoms with Crippen molar-refractivity contribution in [3.05, 3.63) is 30.3 Å². The first kappa shape index (κ1) is 20.8. The van der Waals surface area contributed by atoms with Gasteiger partial charge in [-0.25, -0.2) is 15.0 Å². The Labute approximate surface area is 148 Å². The molecule has 1 aromatic rings. The molecule has 0 atom stereocenters. The molecule has 0 heterocycles. The van der Waals surface area contributed by atoms with Crippen molar-refractivity contribution in [2.24, 2.45) is 11.8 Å². The van der Waals surface area contributed by atoms with Gasteiger partial charge in [0.25, 0.3) is 10.0 Å². The molecule has 0 fully saturated rings. The minimum atomic E-state index is -4.33. The van der Waals surface area contributed by atoms with E-state index in [1.54, 1.807) is 19.9 Å². The van der Waals surface area contributed by atoms with Crippen LogP contribution in [0, 0.1) is 11.8 Å². The van der Waals surface area contributed by atoms with Crippen LogP contribution in [0.25, 0.3) is 0 Å². The third-order valence-corrected chi connectivity index (χ3v) is 4.32. The summed E-state index contributed by atoms with van der Waals surface area (Å²) in [6, 6.07) is 7.24. The largest absolute Gasteiger partial charge is 0.448 e. The van der Waals surface area contributed by atoms with Gasteiger partial charge in [-0.15, -0.1) is 4.41 Å². The van der Waals surface area contributed by atoms with Gasteiger partial charge in [0.05, 0.1) is 18.1 Å². The summed E-state index contributed by atoms with van der Waals surface area (Å²) >= 11 is 0. The summed E-state index contributed by atoms with van der Waals surface area (Å²) in [5.41, 5.74) is 1.94. The molecule has 8 nitrogen and oxygen atoms in total. The number of hydrogen-bond acceptors (Lipinski definition) is 6. The molecule has 0 bridgehead atoms. The summed E-state index contributed by atoms with van der Waals surface area (Å²) in [5.74, 6) is 0.0518. The van der Waals surface area contributed by atoms with Crippen molar-refractivity contribution in [2.45, 2.75) is 32.6 Å². The Hall–Kier alpha value is -2.29. The lowest BCUT2D eigenvalue weighted by Crippen LogP contribution is -2.50. The van der Waals surface area contributed by atoms with Crippen LogP contribution in [-0.4, -0.2) is 38.2 Å². The predicted octanol–water partition coefficient (Wildman–Crippen LogP) is 2.77. The molecule has 1 aromatic carbocycles. The molecule has 9 heteroatoms. The molecule has 0 spiro atoms. The number of rotatable bonds is 6. The molecule has 0 aliphatic heterocycles. The van der Waals surface area contributed by atoms with Crippen LogP contribution in [0.5, 0.6) is 0 Å². The van der Waals surface area contributed by atoms with Gasteiger partial charge >= 0.3 is 12.2 Å². The maximum absolute atomic E-state index is 12.6.